The zero-order valence-corrected chi connectivity index (χ0v) is 16.1. The molecule has 0 saturated heterocycles. The van der Waals surface area contributed by atoms with Gasteiger partial charge in [-0.25, -0.2) is 9.59 Å². The predicted molar refractivity (Wildman–Crippen MR) is 102 cm³/mol. The van der Waals surface area contributed by atoms with E-state index in [0.29, 0.717) is 12.2 Å². The van der Waals surface area contributed by atoms with E-state index < -0.39 is 23.0 Å². The van der Waals surface area contributed by atoms with Crippen molar-refractivity contribution in [1.29, 1.82) is 0 Å². The highest BCUT2D eigenvalue weighted by molar-refractivity contribution is 5.95. The molecule has 1 aromatic rings. The van der Waals surface area contributed by atoms with Crippen molar-refractivity contribution < 1.29 is 19.2 Å². The first kappa shape index (κ1) is 19.9. The van der Waals surface area contributed by atoms with Crippen LogP contribution in [-0.2, 0) is 9.53 Å². The number of amides is 2. The lowest BCUT2D eigenvalue weighted by molar-refractivity contribution is -0.385. The largest absolute Gasteiger partial charge is 0.459 e. The normalized spacial score (nSPS) is 20.7. The number of hydrogen-bond acceptors (Lipinski definition) is 5. The summed E-state index contributed by atoms with van der Waals surface area (Å²) in [4.78, 5) is 38.0. The minimum atomic E-state index is -0.923. The summed E-state index contributed by atoms with van der Waals surface area (Å²) in [5.74, 6) is -0.522. The molecule has 8 heteroatoms. The van der Waals surface area contributed by atoms with Gasteiger partial charge in [-0.05, 0) is 45.6 Å². The van der Waals surface area contributed by atoms with E-state index in [1.54, 1.807) is 32.0 Å². The van der Waals surface area contributed by atoms with Crippen molar-refractivity contribution in [3.63, 3.8) is 0 Å². The average Bonchev–Trinajstić information content (AvgIpc) is 2.68. The number of esters is 1. The highest BCUT2D eigenvalue weighted by Crippen LogP contribution is 2.36. The molecule has 0 aromatic heterocycles. The number of hydrogen-bond donors (Lipinski definition) is 1. The van der Waals surface area contributed by atoms with Crippen LogP contribution in [-0.4, -0.2) is 34.5 Å². The smallest absolute Gasteiger partial charge is 0.338 e. The van der Waals surface area contributed by atoms with Gasteiger partial charge in [0, 0.05) is 18.3 Å². The molecule has 1 saturated carbocycles. The van der Waals surface area contributed by atoms with Crippen molar-refractivity contribution in [2.45, 2.75) is 58.1 Å². The molecule has 28 heavy (non-hydrogen) atoms. The fourth-order valence-corrected chi connectivity index (χ4v) is 3.96. The Morgan fingerprint density at radius 3 is 2.61 bits per heavy atom. The molecule has 0 spiro atoms. The number of benzene rings is 1. The van der Waals surface area contributed by atoms with Gasteiger partial charge in [-0.15, -0.1) is 0 Å². The lowest BCUT2D eigenvalue weighted by Gasteiger charge is -2.35. The number of nitro groups is 1. The van der Waals surface area contributed by atoms with Crippen molar-refractivity contribution in [3.8, 4) is 0 Å². The minimum Gasteiger partial charge on any atom is -0.459 e. The van der Waals surface area contributed by atoms with Crippen LogP contribution in [0.25, 0.3) is 0 Å². The Morgan fingerprint density at radius 1 is 1.29 bits per heavy atom. The first-order valence-electron chi connectivity index (χ1n) is 9.67. The molecular formula is C20H25N3O5. The number of ether oxygens (including phenoxy) is 1. The molecule has 1 aliphatic heterocycles. The first-order valence-corrected chi connectivity index (χ1v) is 9.67. The number of allylic oxidation sites excluding steroid dienone is 1. The summed E-state index contributed by atoms with van der Waals surface area (Å²) in [6, 6.07) is 4.82. The van der Waals surface area contributed by atoms with E-state index in [0.717, 1.165) is 32.1 Å². The summed E-state index contributed by atoms with van der Waals surface area (Å²) in [6.07, 6.45) is 4.65. The third-order valence-corrected chi connectivity index (χ3v) is 5.40. The van der Waals surface area contributed by atoms with E-state index in [1.165, 1.54) is 11.0 Å². The van der Waals surface area contributed by atoms with Crippen molar-refractivity contribution in [1.82, 2.24) is 10.2 Å². The summed E-state index contributed by atoms with van der Waals surface area (Å²) in [5, 5.41) is 14.2. The lowest BCUT2D eigenvalue weighted by atomic mass is 9.93. The Labute approximate surface area is 163 Å². The second-order valence-corrected chi connectivity index (χ2v) is 7.11. The number of carbonyl (C=O) groups is 2. The van der Waals surface area contributed by atoms with Crippen molar-refractivity contribution >= 4 is 17.7 Å². The number of nitrogens with zero attached hydrogens (tertiary/aromatic N) is 2. The van der Waals surface area contributed by atoms with E-state index in [1.807, 2.05) is 0 Å². The molecule has 1 atom stereocenters. The first-order chi connectivity index (χ1) is 13.4. The molecule has 1 aliphatic carbocycles. The monoisotopic (exact) mass is 387 g/mol. The number of nitro benzene ring substituents is 1. The third kappa shape index (κ3) is 3.85. The predicted octanol–water partition coefficient (Wildman–Crippen LogP) is 3.83. The van der Waals surface area contributed by atoms with Gasteiger partial charge in [0.25, 0.3) is 5.69 Å². The van der Waals surface area contributed by atoms with Crippen molar-refractivity contribution in [2.24, 2.45) is 0 Å². The van der Waals surface area contributed by atoms with Crippen LogP contribution in [0, 0.1) is 10.1 Å². The number of para-hydroxylation sites is 1. The van der Waals surface area contributed by atoms with Gasteiger partial charge in [0.2, 0.25) is 0 Å². The molecule has 8 nitrogen and oxygen atoms in total. The maximum atomic E-state index is 13.1. The van der Waals surface area contributed by atoms with Gasteiger partial charge in [-0.2, -0.15) is 0 Å². The molecular weight excluding hydrogens is 362 g/mol. The van der Waals surface area contributed by atoms with Crippen LogP contribution in [0.4, 0.5) is 10.5 Å². The molecule has 0 unspecified atom stereocenters. The van der Waals surface area contributed by atoms with Gasteiger partial charge < -0.3 is 10.1 Å². The van der Waals surface area contributed by atoms with Crippen LogP contribution >= 0.6 is 0 Å². The van der Waals surface area contributed by atoms with Crippen LogP contribution in [0.2, 0.25) is 0 Å². The SMILES string of the molecule is CCN1C(=O)N[C@H](c2ccccc2[N+](=O)[O-])C(C(=O)OC2CCCCC2)=C1C. The Bertz CT molecular complexity index is 814. The molecule has 1 fully saturated rings. The number of carbonyl (C=O) groups excluding carboxylic acids is 2. The molecule has 1 aromatic carbocycles. The van der Waals surface area contributed by atoms with Gasteiger partial charge >= 0.3 is 12.0 Å². The molecule has 2 aliphatic rings. The second kappa shape index (κ2) is 8.41. The van der Waals surface area contributed by atoms with Gasteiger partial charge in [0.1, 0.15) is 6.10 Å². The van der Waals surface area contributed by atoms with E-state index >= 15 is 0 Å². The molecule has 150 valence electrons. The fraction of sp³-hybridized carbons (Fsp3) is 0.500. The van der Waals surface area contributed by atoms with E-state index in [9.17, 15) is 19.7 Å². The quantitative estimate of drug-likeness (QED) is 0.470. The zero-order valence-electron chi connectivity index (χ0n) is 16.1. The van der Waals surface area contributed by atoms with Gasteiger partial charge in [-0.1, -0.05) is 18.6 Å². The van der Waals surface area contributed by atoms with Crippen LogP contribution in [0.15, 0.2) is 35.5 Å². The Kier molecular flexibility index (Phi) is 5.96. The summed E-state index contributed by atoms with van der Waals surface area (Å²) in [7, 11) is 0. The summed E-state index contributed by atoms with van der Waals surface area (Å²) in [5.41, 5.74) is 0.844. The van der Waals surface area contributed by atoms with Gasteiger partial charge in [0.05, 0.1) is 22.1 Å². The summed E-state index contributed by atoms with van der Waals surface area (Å²) >= 11 is 0. The molecule has 2 amide bonds. The molecule has 3 rings (SSSR count). The minimum absolute atomic E-state index is 0.145. The van der Waals surface area contributed by atoms with Crippen molar-refractivity contribution in [3.05, 3.63) is 51.2 Å². The van der Waals surface area contributed by atoms with Crippen LogP contribution in [0.5, 0.6) is 0 Å². The molecule has 0 bridgehead atoms. The zero-order chi connectivity index (χ0) is 20.3. The maximum Gasteiger partial charge on any atom is 0.338 e. The van der Waals surface area contributed by atoms with Gasteiger partial charge in [0.15, 0.2) is 0 Å². The maximum absolute atomic E-state index is 13.1. The highest BCUT2D eigenvalue weighted by atomic mass is 16.6. The highest BCUT2D eigenvalue weighted by Gasteiger charge is 2.39. The molecule has 1 N–H and O–H groups in total. The summed E-state index contributed by atoms with van der Waals surface area (Å²) in [6.45, 7) is 3.86. The van der Waals surface area contributed by atoms with E-state index in [-0.39, 0.29) is 22.9 Å². The van der Waals surface area contributed by atoms with Crippen LogP contribution in [0.1, 0.15) is 57.6 Å². The van der Waals surface area contributed by atoms with E-state index in [2.05, 4.69) is 5.32 Å². The van der Waals surface area contributed by atoms with Crippen LogP contribution < -0.4 is 5.32 Å². The number of nitrogens with one attached hydrogen (secondary N) is 1. The van der Waals surface area contributed by atoms with Gasteiger partial charge in [-0.3, -0.25) is 15.0 Å². The fourth-order valence-electron chi connectivity index (χ4n) is 3.96. The number of urea groups is 1. The molecule has 1 heterocycles. The lowest BCUT2D eigenvalue weighted by Crippen LogP contribution is -2.48. The Hall–Kier alpha value is -2.90. The topological polar surface area (TPSA) is 102 Å². The van der Waals surface area contributed by atoms with Crippen LogP contribution in [0.3, 0.4) is 0 Å². The second-order valence-electron chi connectivity index (χ2n) is 7.11. The Morgan fingerprint density at radius 2 is 1.96 bits per heavy atom. The number of rotatable bonds is 5. The Balaban J connectivity index is 2.02. The standard InChI is InChI=1S/C20H25N3O5/c1-3-22-13(2)17(19(24)28-14-9-5-4-6-10-14)18(21-20(22)25)15-11-7-8-12-16(15)23(26)27/h7-8,11-12,14,18H,3-6,9-10H2,1-2H3,(H,21,25)/t18-/m1/s1. The summed E-state index contributed by atoms with van der Waals surface area (Å²) < 4.78 is 5.74. The van der Waals surface area contributed by atoms with E-state index in [4.69, 9.17) is 4.74 Å². The van der Waals surface area contributed by atoms with Crippen molar-refractivity contribution in [2.75, 3.05) is 6.54 Å². The molecule has 0 radical (unpaired) electrons. The third-order valence-electron chi connectivity index (χ3n) is 5.40. The average molecular weight is 387 g/mol.